The molecule has 1 rings (SSSR count). The van der Waals surface area contributed by atoms with Crippen molar-refractivity contribution >= 4 is 35.2 Å². The predicted octanol–water partition coefficient (Wildman–Crippen LogP) is 1.79. The van der Waals surface area contributed by atoms with E-state index in [4.69, 9.17) is 34.0 Å². The number of primary amides is 1. The number of carboxylic acid groups (broad SMARTS) is 1. The minimum atomic E-state index is -1.29. The second kappa shape index (κ2) is 5.05. The molecule has 0 aliphatic heterocycles. The van der Waals surface area contributed by atoms with Gasteiger partial charge in [-0.25, -0.2) is 9.59 Å². The number of hydrogen-bond donors (Lipinski definition) is 3. The van der Waals surface area contributed by atoms with Gasteiger partial charge < -0.3 is 16.2 Å². The molecule has 16 heavy (non-hydrogen) atoms. The monoisotopic (exact) mass is 262 g/mol. The maximum Gasteiger partial charge on any atom is 0.331 e. The van der Waals surface area contributed by atoms with Gasteiger partial charge in [0.2, 0.25) is 0 Å². The summed E-state index contributed by atoms with van der Waals surface area (Å²) < 4.78 is 0. The van der Waals surface area contributed by atoms with Gasteiger partial charge in [-0.05, 0) is 12.1 Å². The van der Waals surface area contributed by atoms with Crippen LogP contribution in [-0.2, 0) is 4.79 Å². The highest BCUT2D eigenvalue weighted by molar-refractivity contribution is 6.35. The molecule has 0 radical (unpaired) electrons. The van der Waals surface area contributed by atoms with Gasteiger partial charge in [0.25, 0.3) is 0 Å². The van der Waals surface area contributed by atoms with Gasteiger partial charge in [-0.1, -0.05) is 29.3 Å². The van der Waals surface area contributed by atoms with E-state index >= 15 is 0 Å². The number of halogens is 2. The number of nitrogens with one attached hydrogen (secondary N) is 1. The molecule has 7 heteroatoms. The van der Waals surface area contributed by atoms with E-state index in [1.54, 1.807) is 0 Å². The second-order valence-corrected chi connectivity index (χ2v) is 3.79. The van der Waals surface area contributed by atoms with Gasteiger partial charge in [-0.15, -0.1) is 0 Å². The van der Waals surface area contributed by atoms with Gasteiger partial charge in [0.05, 0.1) is 0 Å². The molecule has 0 heterocycles. The minimum absolute atomic E-state index is 0.147. The summed E-state index contributed by atoms with van der Waals surface area (Å²) in [7, 11) is 0. The van der Waals surface area contributed by atoms with E-state index < -0.39 is 18.0 Å². The van der Waals surface area contributed by atoms with Gasteiger partial charge in [0, 0.05) is 15.6 Å². The number of carboxylic acids is 1. The Hall–Kier alpha value is -1.46. The number of benzene rings is 1. The van der Waals surface area contributed by atoms with Crippen LogP contribution in [0.3, 0.4) is 0 Å². The predicted molar refractivity (Wildman–Crippen MR) is 59.6 cm³/mol. The third-order valence-electron chi connectivity index (χ3n) is 1.81. The third-order valence-corrected chi connectivity index (χ3v) is 2.37. The molecule has 0 saturated heterocycles. The van der Waals surface area contributed by atoms with Crippen LogP contribution in [0.4, 0.5) is 4.79 Å². The van der Waals surface area contributed by atoms with Gasteiger partial charge in [0.1, 0.15) is 0 Å². The normalized spacial score (nSPS) is 11.9. The van der Waals surface area contributed by atoms with Crippen molar-refractivity contribution in [2.45, 2.75) is 6.04 Å². The summed E-state index contributed by atoms with van der Waals surface area (Å²) in [6, 6.07) is 2.04. The largest absolute Gasteiger partial charge is 0.479 e. The van der Waals surface area contributed by atoms with Crippen molar-refractivity contribution < 1.29 is 14.7 Å². The summed E-state index contributed by atoms with van der Waals surface area (Å²) in [6.07, 6.45) is 0. The topological polar surface area (TPSA) is 92.4 Å². The van der Waals surface area contributed by atoms with Crippen molar-refractivity contribution in [2.75, 3.05) is 0 Å². The number of hydrogen-bond acceptors (Lipinski definition) is 2. The van der Waals surface area contributed by atoms with Crippen LogP contribution in [0.25, 0.3) is 0 Å². The molecule has 2 amide bonds. The lowest BCUT2D eigenvalue weighted by molar-refractivity contribution is -0.139. The standard InChI is InChI=1S/C9H8Cl2N2O3/c10-4-1-2-5(6(11)3-4)7(8(14)15)13-9(12)16/h1-3,7H,(H,14,15)(H3,12,13,16)/t7-/m1/s1. The van der Waals surface area contributed by atoms with Crippen LogP contribution < -0.4 is 11.1 Å². The van der Waals surface area contributed by atoms with Crippen LogP contribution in [0.2, 0.25) is 10.0 Å². The lowest BCUT2D eigenvalue weighted by atomic mass is 10.1. The summed E-state index contributed by atoms with van der Waals surface area (Å²) in [4.78, 5) is 21.6. The summed E-state index contributed by atoms with van der Waals surface area (Å²) in [6.45, 7) is 0. The van der Waals surface area contributed by atoms with E-state index in [1.165, 1.54) is 18.2 Å². The molecule has 0 aliphatic carbocycles. The molecular formula is C9H8Cl2N2O3. The Morgan fingerprint density at radius 3 is 2.44 bits per heavy atom. The van der Waals surface area contributed by atoms with Crippen molar-refractivity contribution in [3.05, 3.63) is 33.8 Å². The van der Waals surface area contributed by atoms with Crippen LogP contribution >= 0.6 is 23.2 Å². The molecule has 0 bridgehead atoms. The van der Waals surface area contributed by atoms with Gasteiger partial charge in [-0.3, -0.25) is 0 Å². The molecule has 1 aromatic carbocycles. The van der Waals surface area contributed by atoms with Gasteiger partial charge in [-0.2, -0.15) is 0 Å². The van der Waals surface area contributed by atoms with Crippen LogP contribution in [0.5, 0.6) is 0 Å². The SMILES string of the molecule is NC(=O)N[C@@H](C(=O)O)c1ccc(Cl)cc1Cl. The summed E-state index contributed by atoms with van der Waals surface area (Å²) in [5, 5.41) is 11.5. The van der Waals surface area contributed by atoms with E-state index in [2.05, 4.69) is 5.32 Å². The van der Waals surface area contributed by atoms with Crippen molar-refractivity contribution in [1.82, 2.24) is 5.32 Å². The van der Waals surface area contributed by atoms with Crippen LogP contribution in [0.1, 0.15) is 11.6 Å². The molecule has 4 N–H and O–H groups in total. The molecule has 0 fully saturated rings. The first-order chi connectivity index (χ1) is 7.41. The number of rotatable bonds is 3. The Balaban J connectivity index is 3.10. The first kappa shape index (κ1) is 12.6. The lowest BCUT2D eigenvalue weighted by Gasteiger charge is -2.14. The molecule has 1 atom stereocenters. The summed E-state index contributed by atoms with van der Waals surface area (Å²) >= 11 is 11.5. The van der Waals surface area contributed by atoms with E-state index in [9.17, 15) is 9.59 Å². The summed E-state index contributed by atoms with van der Waals surface area (Å²) in [5.41, 5.74) is 5.09. The average Bonchev–Trinajstić information content (AvgIpc) is 2.14. The Bertz CT molecular complexity index is 437. The molecule has 0 saturated carbocycles. The Morgan fingerprint density at radius 1 is 1.38 bits per heavy atom. The van der Waals surface area contributed by atoms with Gasteiger partial charge in [0.15, 0.2) is 6.04 Å². The van der Waals surface area contributed by atoms with Crippen molar-refractivity contribution in [1.29, 1.82) is 0 Å². The van der Waals surface area contributed by atoms with Gasteiger partial charge >= 0.3 is 12.0 Å². The van der Waals surface area contributed by atoms with E-state index in [1.807, 2.05) is 0 Å². The van der Waals surface area contributed by atoms with Crippen LogP contribution in [-0.4, -0.2) is 17.1 Å². The highest BCUT2D eigenvalue weighted by Crippen LogP contribution is 2.26. The van der Waals surface area contributed by atoms with Crippen molar-refractivity contribution in [2.24, 2.45) is 5.73 Å². The molecule has 0 unspecified atom stereocenters. The van der Waals surface area contributed by atoms with Crippen molar-refractivity contribution in [3.8, 4) is 0 Å². The minimum Gasteiger partial charge on any atom is -0.479 e. The highest BCUT2D eigenvalue weighted by Gasteiger charge is 2.23. The second-order valence-electron chi connectivity index (χ2n) is 2.95. The van der Waals surface area contributed by atoms with Crippen LogP contribution in [0, 0.1) is 0 Å². The maximum atomic E-state index is 10.9. The molecule has 0 aromatic heterocycles. The van der Waals surface area contributed by atoms with E-state index in [0.717, 1.165) is 0 Å². The molecule has 86 valence electrons. The first-order valence-corrected chi connectivity index (χ1v) is 4.91. The molecule has 0 spiro atoms. The zero-order valence-corrected chi connectivity index (χ0v) is 9.42. The Kier molecular flexibility index (Phi) is 3.98. The molecule has 1 aromatic rings. The molecule has 5 nitrogen and oxygen atoms in total. The smallest absolute Gasteiger partial charge is 0.331 e. The van der Waals surface area contributed by atoms with E-state index in [0.29, 0.717) is 5.02 Å². The number of urea groups is 1. The van der Waals surface area contributed by atoms with E-state index in [-0.39, 0.29) is 10.6 Å². The quantitative estimate of drug-likeness (QED) is 0.776. The average molecular weight is 263 g/mol. The molecule has 0 aliphatic rings. The fraction of sp³-hybridized carbons (Fsp3) is 0.111. The number of amides is 2. The Morgan fingerprint density at radius 2 is 2.00 bits per heavy atom. The zero-order chi connectivity index (χ0) is 12.3. The zero-order valence-electron chi connectivity index (χ0n) is 7.91. The fourth-order valence-corrected chi connectivity index (χ4v) is 1.67. The van der Waals surface area contributed by atoms with Crippen LogP contribution in [0.15, 0.2) is 18.2 Å². The number of aliphatic carboxylic acids is 1. The third kappa shape index (κ3) is 3.01. The fourth-order valence-electron chi connectivity index (χ4n) is 1.15. The van der Waals surface area contributed by atoms with Crippen molar-refractivity contribution in [3.63, 3.8) is 0 Å². The number of nitrogens with two attached hydrogens (primary N) is 1. The number of carbonyl (C=O) groups excluding carboxylic acids is 1. The Labute approximate surface area is 101 Å². The molecular weight excluding hydrogens is 255 g/mol. The number of carbonyl (C=O) groups is 2. The first-order valence-electron chi connectivity index (χ1n) is 4.15. The maximum absolute atomic E-state index is 10.9. The lowest BCUT2D eigenvalue weighted by Crippen LogP contribution is -2.37. The highest BCUT2D eigenvalue weighted by atomic mass is 35.5. The summed E-state index contributed by atoms with van der Waals surface area (Å²) in [5.74, 6) is -1.26.